The summed E-state index contributed by atoms with van der Waals surface area (Å²) in [6, 6.07) is 6.82. The highest BCUT2D eigenvalue weighted by Crippen LogP contribution is 2.33. The largest absolute Gasteiger partial charge is 0.433 e. The Morgan fingerprint density at radius 1 is 1.33 bits per heavy atom. The highest BCUT2D eigenvalue weighted by molar-refractivity contribution is 7.91. The molecule has 2 N–H and O–H groups in total. The number of nitrogens with one attached hydrogen (secondary N) is 1. The summed E-state index contributed by atoms with van der Waals surface area (Å²) in [6.07, 6.45) is 3.01. The molecule has 12 heteroatoms. The molecule has 1 aromatic heterocycles. The van der Waals surface area contributed by atoms with Crippen LogP contribution in [0.15, 0.2) is 18.2 Å². The van der Waals surface area contributed by atoms with Gasteiger partial charge in [-0.2, -0.15) is 14.0 Å². The molecular weight excluding hydrogens is 530 g/mol. The van der Waals surface area contributed by atoms with E-state index in [0.717, 1.165) is 5.56 Å². The molecule has 3 rings (SSSR count). The Morgan fingerprint density at radius 3 is 2.49 bits per heavy atom. The number of aryl methyl sites for hydroxylation is 1. The maximum absolute atomic E-state index is 13.4. The van der Waals surface area contributed by atoms with Gasteiger partial charge in [0.2, 0.25) is 0 Å². The lowest BCUT2D eigenvalue weighted by molar-refractivity contribution is -0.0499. The Hall–Kier alpha value is -3.04. The summed E-state index contributed by atoms with van der Waals surface area (Å²) in [6.45, 7) is 4.56. The Balaban J connectivity index is 1.92. The van der Waals surface area contributed by atoms with Crippen molar-refractivity contribution in [1.29, 1.82) is 5.26 Å². The molecule has 0 radical (unpaired) electrons. The quantitative estimate of drug-likeness (QED) is 0.469. The monoisotopic (exact) mass is 566 g/mol. The number of ether oxygens (including phenoxy) is 1. The summed E-state index contributed by atoms with van der Waals surface area (Å²) < 4.78 is 56.5. The molecule has 0 bridgehead atoms. The van der Waals surface area contributed by atoms with Crippen molar-refractivity contribution in [3.63, 3.8) is 0 Å². The van der Waals surface area contributed by atoms with Gasteiger partial charge in [-0.1, -0.05) is 33.8 Å². The third kappa shape index (κ3) is 7.54. The average molecular weight is 567 g/mol. The number of halogens is 2. The number of carbonyl (C=O) groups is 1. The van der Waals surface area contributed by atoms with Gasteiger partial charge in [0.25, 0.3) is 5.91 Å². The minimum Gasteiger partial charge on any atom is -0.433 e. The molecule has 39 heavy (non-hydrogen) atoms. The van der Waals surface area contributed by atoms with Crippen molar-refractivity contribution < 1.29 is 31.8 Å². The molecule has 0 spiro atoms. The van der Waals surface area contributed by atoms with Gasteiger partial charge in [-0.05, 0) is 55.2 Å². The summed E-state index contributed by atoms with van der Waals surface area (Å²) >= 11 is 0. The number of aliphatic hydroxyl groups is 1. The van der Waals surface area contributed by atoms with Gasteiger partial charge in [-0.3, -0.25) is 9.36 Å². The number of hydrogen-bond donors (Lipinski definition) is 2. The number of nitrogens with zero attached hydrogens (tertiary/aromatic N) is 3. The number of imidazole rings is 1. The highest BCUT2D eigenvalue weighted by Gasteiger charge is 2.37. The van der Waals surface area contributed by atoms with Gasteiger partial charge in [0.15, 0.2) is 11.4 Å². The molecule has 0 aliphatic heterocycles. The van der Waals surface area contributed by atoms with Crippen LogP contribution in [0, 0.1) is 16.7 Å². The first-order chi connectivity index (χ1) is 18.1. The minimum atomic E-state index is -3.22. The van der Waals surface area contributed by atoms with Crippen LogP contribution in [0.3, 0.4) is 0 Å². The molecule has 0 atom stereocenters. The van der Waals surface area contributed by atoms with Crippen LogP contribution in [-0.2, 0) is 22.7 Å². The van der Waals surface area contributed by atoms with Crippen LogP contribution < -0.4 is 10.1 Å². The number of hydrogen-bond acceptors (Lipinski definition) is 7. The topological polar surface area (TPSA) is 134 Å². The summed E-state index contributed by atoms with van der Waals surface area (Å²) in [5, 5.41) is 23.0. The third-order valence-corrected chi connectivity index (χ3v) is 8.53. The number of nitriles is 1. The average Bonchev–Trinajstić information content (AvgIpc) is 3.19. The van der Waals surface area contributed by atoms with E-state index in [2.05, 4.69) is 10.3 Å². The standard InChI is InChI=1S/C27H36F2N4O5S/c1-6-22-32-23(24(34)31-16-27(35)11-9-18(10-12-27)39(5,36)37)20(15-30)33(22)19-8-7-17(14-26(2,3)4)13-21(19)38-25(28)29/h7-8,13,18,25,35H,6,9-12,14,16H2,1-5H3,(H,31,34). The van der Waals surface area contributed by atoms with E-state index in [0.29, 0.717) is 12.2 Å². The van der Waals surface area contributed by atoms with E-state index in [4.69, 9.17) is 4.74 Å². The third-order valence-electron chi connectivity index (χ3n) is 6.85. The molecule has 2 aromatic rings. The maximum Gasteiger partial charge on any atom is 0.387 e. The van der Waals surface area contributed by atoms with Gasteiger partial charge in [0, 0.05) is 19.2 Å². The van der Waals surface area contributed by atoms with E-state index in [1.54, 1.807) is 19.1 Å². The van der Waals surface area contributed by atoms with Crippen LogP contribution in [0.2, 0.25) is 0 Å². The number of alkyl halides is 2. The molecule has 0 unspecified atom stereocenters. The zero-order valence-electron chi connectivity index (χ0n) is 22.9. The Bertz CT molecular complexity index is 1350. The molecule has 1 saturated carbocycles. The van der Waals surface area contributed by atoms with Gasteiger partial charge >= 0.3 is 6.61 Å². The molecule has 1 heterocycles. The van der Waals surface area contributed by atoms with Crippen molar-refractivity contribution in [1.82, 2.24) is 14.9 Å². The van der Waals surface area contributed by atoms with E-state index in [-0.39, 0.29) is 66.9 Å². The predicted molar refractivity (Wildman–Crippen MR) is 142 cm³/mol. The second-order valence-corrected chi connectivity index (χ2v) is 13.7. The van der Waals surface area contributed by atoms with Gasteiger partial charge in [0.1, 0.15) is 27.5 Å². The lowest BCUT2D eigenvalue weighted by atomic mass is 9.84. The number of aromatic nitrogens is 2. The van der Waals surface area contributed by atoms with Gasteiger partial charge in [-0.15, -0.1) is 0 Å². The van der Waals surface area contributed by atoms with Gasteiger partial charge in [0.05, 0.1) is 16.5 Å². The van der Waals surface area contributed by atoms with Crippen molar-refractivity contribution >= 4 is 15.7 Å². The van der Waals surface area contributed by atoms with E-state index in [1.165, 1.54) is 16.9 Å². The molecule has 0 saturated heterocycles. The number of rotatable bonds is 9. The summed E-state index contributed by atoms with van der Waals surface area (Å²) in [5.74, 6) is -0.551. The van der Waals surface area contributed by atoms with E-state index >= 15 is 0 Å². The Kier molecular flexibility index (Phi) is 9.07. The Morgan fingerprint density at radius 2 is 1.97 bits per heavy atom. The lowest BCUT2D eigenvalue weighted by Crippen LogP contribution is -2.47. The minimum absolute atomic E-state index is 0.107. The molecule has 1 aliphatic carbocycles. The fourth-order valence-corrected chi connectivity index (χ4v) is 6.03. The number of benzene rings is 1. The fraction of sp³-hybridized carbons (Fsp3) is 0.593. The normalized spacial score (nSPS) is 20.1. The smallest absolute Gasteiger partial charge is 0.387 e. The SMILES string of the molecule is CCc1nc(C(=O)NCC2(O)CCC(S(C)(=O)=O)CC2)c(C#N)n1-c1ccc(CC(C)(C)C)cc1OC(F)F. The van der Waals surface area contributed by atoms with Gasteiger partial charge < -0.3 is 15.2 Å². The molecule has 1 aliphatic rings. The van der Waals surface area contributed by atoms with Crippen molar-refractivity contribution in [2.24, 2.45) is 5.41 Å². The van der Waals surface area contributed by atoms with Crippen LogP contribution in [0.5, 0.6) is 5.75 Å². The van der Waals surface area contributed by atoms with Crippen molar-refractivity contribution in [3.8, 4) is 17.5 Å². The van der Waals surface area contributed by atoms with Crippen LogP contribution in [0.4, 0.5) is 8.78 Å². The van der Waals surface area contributed by atoms with E-state index in [1.807, 2.05) is 26.8 Å². The molecule has 1 fully saturated rings. The number of sulfone groups is 1. The first-order valence-electron chi connectivity index (χ1n) is 12.9. The first-order valence-corrected chi connectivity index (χ1v) is 14.8. The maximum atomic E-state index is 13.4. The molecular formula is C27H36F2N4O5S. The van der Waals surface area contributed by atoms with E-state index < -0.39 is 33.2 Å². The predicted octanol–water partition coefficient (Wildman–Crippen LogP) is 3.94. The Labute approximate surface area is 228 Å². The number of amides is 1. The van der Waals surface area contributed by atoms with Crippen LogP contribution in [0.25, 0.3) is 5.69 Å². The van der Waals surface area contributed by atoms with Crippen molar-refractivity contribution in [2.75, 3.05) is 12.8 Å². The van der Waals surface area contributed by atoms with Crippen molar-refractivity contribution in [2.45, 2.75) is 83.7 Å². The fourth-order valence-electron chi connectivity index (χ4n) is 4.94. The number of carbonyl (C=O) groups excluding carboxylic acids is 1. The molecule has 214 valence electrons. The molecule has 9 nitrogen and oxygen atoms in total. The second kappa shape index (κ2) is 11.6. The summed E-state index contributed by atoms with van der Waals surface area (Å²) in [7, 11) is -3.22. The highest BCUT2D eigenvalue weighted by atomic mass is 32.2. The lowest BCUT2D eigenvalue weighted by Gasteiger charge is -2.35. The molecule has 1 amide bonds. The zero-order chi connectivity index (χ0) is 29.2. The van der Waals surface area contributed by atoms with Crippen LogP contribution in [0.1, 0.15) is 80.9 Å². The van der Waals surface area contributed by atoms with Crippen molar-refractivity contribution in [3.05, 3.63) is 41.0 Å². The summed E-state index contributed by atoms with van der Waals surface area (Å²) in [4.78, 5) is 17.5. The second-order valence-electron chi connectivity index (χ2n) is 11.4. The first kappa shape index (κ1) is 30.5. The van der Waals surface area contributed by atoms with E-state index in [9.17, 15) is 32.4 Å². The van der Waals surface area contributed by atoms with Crippen LogP contribution >= 0.6 is 0 Å². The van der Waals surface area contributed by atoms with Gasteiger partial charge in [-0.25, -0.2) is 13.4 Å². The van der Waals surface area contributed by atoms with Crippen LogP contribution in [-0.4, -0.2) is 59.2 Å². The summed E-state index contributed by atoms with van der Waals surface area (Å²) in [5.41, 5.74) is -0.823. The zero-order valence-corrected chi connectivity index (χ0v) is 23.7. The molecule has 1 aromatic carbocycles.